The van der Waals surface area contributed by atoms with Crippen molar-refractivity contribution in [2.24, 2.45) is 0 Å². The number of imidazole rings is 1. The standard InChI is InChI=1S/C14H9F3N6O3/c15-14(16,17)25-6-5-23-13(24)22-7-18-10(11(22)20-21-23)12-19-8-3-1-2-4-9(8)26-12/h1-4,7H,5-6H2. The molecule has 3 heterocycles. The normalized spacial score (nSPS) is 12.3. The summed E-state index contributed by atoms with van der Waals surface area (Å²) < 4.78 is 47.0. The highest BCUT2D eigenvalue weighted by Crippen LogP contribution is 2.24. The van der Waals surface area contributed by atoms with Crippen LogP contribution in [0.2, 0.25) is 0 Å². The van der Waals surface area contributed by atoms with Gasteiger partial charge in [0.2, 0.25) is 5.89 Å². The van der Waals surface area contributed by atoms with Crippen molar-refractivity contribution in [1.82, 2.24) is 29.4 Å². The van der Waals surface area contributed by atoms with Gasteiger partial charge in [0.1, 0.15) is 11.8 Å². The zero-order valence-electron chi connectivity index (χ0n) is 12.8. The van der Waals surface area contributed by atoms with E-state index in [1.54, 1.807) is 24.3 Å². The van der Waals surface area contributed by atoms with Crippen LogP contribution in [0.15, 0.2) is 39.8 Å². The Morgan fingerprint density at radius 2 is 2.04 bits per heavy atom. The third-order valence-electron chi connectivity index (χ3n) is 3.48. The molecule has 0 radical (unpaired) electrons. The molecule has 12 heteroatoms. The molecule has 0 aliphatic rings. The maximum Gasteiger partial charge on any atom is 0.522 e. The molecule has 1 aromatic carbocycles. The molecule has 0 unspecified atom stereocenters. The van der Waals surface area contributed by atoms with E-state index in [4.69, 9.17) is 4.42 Å². The molecule has 26 heavy (non-hydrogen) atoms. The van der Waals surface area contributed by atoms with Crippen LogP contribution in [0.3, 0.4) is 0 Å². The average Bonchev–Trinajstić information content (AvgIpc) is 3.19. The quantitative estimate of drug-likeness (QED) is 0.541. The van der Waals surface area contributed by atoms with Crippen LogP contribution in [0, 0.1) is 0 Å². The minimum absolute atomic E-state index is 0.0783. The van der Waals surface area contributed by atoms with E-state index in [0.29, 0.717) is 11.1 Å². The van der Waals surface area contributed by atoms with Gasteiger partial charge in [0.15, 0.2) is 16.9 Å². The molecule has 134 valence electrons. The van der Waals surface area contributed by atoms with Gasteiger partial charge in [-0.3, -0.25) is 4.74 Å². The molecule has 0 aliphatic carbocycles. The summed E-state index contributed by atoms with van der Waals surface area (Å²) in [7, 11) is 0. The summed E-state index contributed by atoms with van der Waals surface area (Å²) in [5.41, 5.74) is 0.707. The predicted octanol–water partition coefficient (Wildman–Crippen LogP) is 1.63. The van der Waals surface area contributed by atoms with Crippen LogP contribution >= 0.6 is 0 Å². The van der Waals surface area contributed by atoms with Gasteiger partial charge in [0.25, 0.3) is 0 Å². The molecule has 0 N–H and O–H groups in total. The number of halogens is 3. The van der Waals surface area contributed by atoms with Gasteiger partial charge in [0, 0.05) is 0 Å². The van der Waals surface area contributed by atoms with Crippen LogP contribution in [0.1, 0.15) is 0 Å². The zero-order chi connectivity index (χ0) is 18.3. The summed E-state index contributed by atoms with van der Waals surface area (Å²) in [5.74, 6) is 0.153. The Morgan fingerprint density at radius 1 is 1.23 bits per heavy atom. The van der Waals surface area contributed by atoms with Gasteiger partial charge in [-0.25, -0.2) is 19.2 Å². The minimum Gasteiger partial charge on any atom is -0.435 e. The van der Waals surface area contributed by atoms with Crippen LogP contribution in [0.25, 0.3) is 28.3 Å². The number of hydrogen-bond donors (Lipinski definition) is 0. The lowest BCUT2D eigenvalue weighted by Gasteiger charge is -2.07. The lowest BCUT2D eigenvalue weighted by atomic mass is 10.3. The summed E-state index contributed by atoms with van der Waals surface area (Å²) in [6.45, 7) is -1.19. The molecule has 0 fully saturated rings. The predicted molar refractivity (Wildman–Crippen MR) is 80.1 cm³/mol. The van der Waals surface area contributed by atoms with Gasteiger partial charge in [-0.2, -0.15) is 4.68 Å². The highest BCUT2D eigenvalue weighted by Gasteiger charge is 2.29. The van der Waals surface area contributed by atoms with Gasteiger partial charge in [-0.1, -0.05) is 17.3 Å². The third kappa shape index (κ3) is 2.90. The van der Waals surface area contributed by atoms with Gasteiger partial charge in [-0.15, -0.1) is 18.3 Å². The average molecular weight is 366 g/mol. The summed E-state index contributed by atoms with van der Waals surface area (Å²) in [4.78, 5) is 20.6. The molecule has 0 amide bonds. The number of nitrogens with zero attached hydrogens (tertiary/aromatic N) is 6. The summed E-state index contributed by atoms with van der Waals surface area (Å²) in [5, 5.41) is 7.46. The van der Waals surface area contributed by atoms with E-state index >= 15 is 0 Å². The first-order valence-electron chi connectivity index (χ1n) is 7.30. The highest BCUT2D eigenvalue weighted by molar-refractivity contribution is 5.78. The topological polar surface area (TPSA) is 100 Å². The Balaban J connectivity index is 1.69. The largest absolute Gasteiger partial charge is 0.522 e. The van der Waals surface area contributed by atoms with Gasteiger partial charge in [0.05, 0.1) is 13.2 Å². The molecule has 0 bridgehead atoms. The number of benzene rings is 1. The van der Waals surface area contributed by atoms with Gasteiger partial charge in [-0.05, 0) is 12.1 Å². The van der Waals surface area contributed by atoms with Crippen molar-refractivity contribution in [3.63, 3.8) is 0 Å². The van der Waals surface area contributed by atoms with Crippen molar-refractivity contribution < 1.29 is 22.3 Å². The van der Waals surface area contributed by atoms with Gasteiger partial charge >= 0.3 is 12.1 Å². The Hall–Kier alpha value is -3.28. The second kappa shape index (κ2) is 5.91. The molecule has 0 saturated carbocycles. The molecule has 0 spiro atoms. The lowest BCUT2D eigenvalue weighted by Crippen LogP contribution is -2.32. The molecular formula is C14H9F3N6O3. The SMILES string of the molecule is O=c1n(CCOC(F)(F)F)nnc2c(-c3nc4ccccc4o3)ncn12. The Labute approximate surface area is 141 Å². The van der Waals surface area contributed by atoms with E-state index in [-0.39, 0.29) is 17.2 Å². The number of ether oxygens (including phenoxy) is 1. The third-order valence-corrected chi connectivity index (χ3v) is 3.48. The molecule has 3 aromatic heterocycles. The minimum atomic E-state index is -4.78. The van der Waals surface area contributed by atoms with Crippen molar-refractivity contribution in [2.75, 3.05) is 6.61 Å². The Morgan fingerprint density at radius 3 is 2.81 bits per heavy atom. The molecule has 9 nitrogen and oxygen atoms in total. The van der Waals surface area contributed by atoms with Crippen molar-refractivity contribution >= 4 is 16.7 Å². The summed E-state index contributed by atoms with van der Waals surface area (Å²) in [6.07, 6.45) is -3.60. The summed E-state index contributed by atoms with van der Waals surface area (Å²) >= 11 is 0. The maximum atomic E-state index is 12.3. The van der Waals surface area contributed by atoms with Crippen molar-refractivity contribution in [3.8, 4) is 11.6 Å². The fraction of sp³-hybridized carbons (Fsp3) is 0.214. The van der Waals surface area contributed by atoms with E-state index in [1.807, 2.05) is 0 Å². The second-order valence-electron chi connectivity index (χ2n) is 5.16. The van der Waals surface area contributed by atoms with Crippen LogP contribution in [-0.2, 0) is 11.3 Å². The van der Waals surface area contributed by atoms with Gasteiger partial charge < -0.3 is 4.42 Å². The molecular weight excluding hydrogens is 357 g/mol. The second-order valence-corrected chi connectivity index (χ2v) is 5.16. The van der Waals surface area contributed by atoms with Crippen molar-refractivity contribution in [2.45, 2.75) is 12.9 Å². The first-order valence-corrected chi connectivity index (χ1v) is 7.30. The molecule has 0 atom stereocenters. The number of aromatic nitrogens is 6. The number of alkyl halides is 3. The fourth-order valence-corrected chi connectivity index (χ4v) is 2.35. The Bertz CT molecular complexity index is 1110. The smallest absolute Gasteiger partial charge is 0.435 e. The van der Waals surface area contributed by atoms with E-state index in [0.717, 1.165) is 9.08 Å². The first kappa shape index (κ1) is 16.2. The summed E-state index contributed by atoms with van der Waals surface area (Å²) in [6, 6.07) is 7.05. The van der Waals surface area contributed by atoms with Crippen LogP contribution in [0.5, 0.6) is 0 Å². The van der Waals surface area contributed by atoms with E-state index in [9.17, 15) is 18.0 Å². The number of fused-ring (bicyclic) bond motifs is 2. The van der Waals surface area contributed by atoms with Crippen LogP contribution < -0.4 is 5.69 Å². The number of para-hydroxylation sites is 2. The van der Waals surface area contributed by atoms with Crippen molar-refractivity contribution in [1.29, 1.82) is 0 Å². The van der Waals surface area contributed by atoms with E-state index in [2.05, 4.69) is 25.0 Å². The van der Waals surface area contributed by atoms with Crippen LogP contribution in [-0.4, -0.2) is 42.3 Å². The molecule has 4 rings (SSSR count). The lowest BCUT2D eigenvalue weighted by molar-refractivity contribution is -0.325. The molecule has 0 saturated heterocycles. The maximum absolute atomic E-state index is 12.3. The Kier molecular flexibility index (Phi) is 3.68. The molecule has 4 aromatic rings. The fourth-order valence-electron chi connectivity index (χ4n) is 2.35. The number of oxazole rings is 1. The van der Waals surface area contributed by atoms with E-state index in [1.165, 1.54) is 6.33 Å². The van der Waals surface area contributed by atoms with Crippen molar-refractivity contribution in [3.05, 3.63) is 41.1 Å². The number of hydrogen-bond acceptors (Lipinski definition) is 7. The monoisotopic (exact) mass is 366 g/mol. The number of rotatable bonds is 4. The van der Waals surface area contributed by atoms with E-state index < -0.39 is 25.2 Å². The molecule has 0 aliphatic heterocycles. The zero-order valence-corrected chi connectivity index (χ0v) is 12.8. The highest BCUT2D eigenvalue weighted by atomic mass is 19.4. The first-order chi connectivity index (χ1) is 12.4. The van der Waals surface area contributed by atoms with Crippen LogP contribution in [0.4, 0.5) is 13.2 Å².